The van der Waals surface area contributed by atoms with Crippen LogP contribution in [0.1, 0.15) is 27.9 Å². The molecular weight excluding hydrogens is 466 g/mol. The van der Waals surface area contributed by atoms with E-state index in [1.54, 1.807) is 60.5 Å². The van der Waals surface area contributed by atoms with Crippen LogP contribution in [-0.2, 0) is 21.2 Å². The molecule has 7 nitrogen and oxygen atoms in total. The van der Waals surface area contributed by atoms with Crippen LogP contribution in [-0.4, -0.2) is 56.3 Å². The predicted molar refractivity (Wildman–Crippen MR) is 132 cm³/mol. The molecule has 0 aliphatic carbocycles. The summed E-state index contributed by atoms with van der Waals surface area (Å²) >= 11 is 0. The van der Waals surface area contributed by atoms with Gasteiger partial charge in [-0.1, -0.05) is 42.5 Å². The van der Waals surface area contributed by atoms with Gasteiger partial charge in [0.25, 0.3) is 5.91 Å². The Labute approximate surface area is 205 Å². The Hall–Kier alpha value is -3.65. The molecule has 1 aliphatic rings. The second-order valence-corrected chi connectivity index (χ2v) is 10.7. The molecule has 1 atom stereocenters. The minimum atomic E-state index is -3.17. The highest BCUT2D eigenvalue weighted by Gasteiger charge is 2.34. The Morgan fingerprint density at radius 2 is 1.51 bits per heavy atom. The van der Waals surface area contributed by atoms with E-state index in [2.05, 4.69) is 0 Å². The van der Waals surface area contributed by atoms with Crippen LogP contribution in [0, 0.1) is 0 Å². The summed E-state index contributed by atoms with van der Waals surface area (Å²) in [5.41, 5.74) is 1.98. The summed E-state index contributed by atoms with van der Waals surface area (Å²) in [7, 11) is -1.59. The van der Waals surface area contributed by atoms with Crippen LogP contribution in [0.4, 0.5) is 0 Å². The van der Waals surface area contributed by atoms with Crippen LogP contribution < -0.4 is 9.47 Å². The van der Waals surface area contributed by atoms with Gasteiger partial charge in [-0.25, -0.2) is 8.42 Å². The van der Waals surface area contributed by atoms with Gasteiger partial charge < -0.3 is 14.4 Å². The van der Waals surface area contributed by atoms with E-state index in [0.717, 1.165) is 5.56 Å². The lowest BCUT2D eigenvalue weighted by Gasteiger charge is -2.28. The average molecular weight is 494 g/mol. The maximum Gasteiger partial charge on any atom is 0.261 e. The fraction of sp³-hybridized carbons (Fsp3) is 0.259. The first-order valence-corrected chi connectivity index (χ1v) is 13.1. The summed E-state index contributed by atoms with van der Waals surface area (Å²) in [6, 6.07) is 22.5. The number of carbonyl (C=O) groups is 2. The summed E-state index contributed by atoms with van der Waals surface area (Å²) in [5.74, 6) is 0.778. The van der Waals surface area contributed by atoms with Crippen molar-refractivity contribution in [3.8, 4) is 11.5 Å². The van der Waals surface area contributed by atoms with E-state index in [-0.39, 0.29) is 36.3 Å². The van der Waals surface area contributed by atoms with Gasteiger partial charge in [-0.2, -0.15) is 0 Å². The maximum atomic E-state index is 13.1. The van der Waals surface area contributed by atoms with Gasteiger partial charge in [0.2, 0.25) is 0 Å². The topological polar surface area (TPSA) is 90.0 Å². The van der Waals surface area contributed by atoms with Crippen LogP contribution in [0.2, 0.25) is 0 Å². The number of amides is 1. The molecule has 0 unspecified atom stereocenters. The van der Waals surface area contributed by atoms with Crippen molar-refractivity contribution in [3.05, 3.63) is 95.6 Å². The Morgan fingerprint density at radius 1 is 0.886 bits per heavy atom. The molecule has 4 rings (SSSR count). The van der Waals surface area contributed by atoms with Gasteiger partial charge in [-0.05, 0) is 48.4 Å². The molecule has 1 saturated heterocycles. The fourth-order valence-electron chi connectivity index (χ4n) is 4.06. The van der Waals surface area contributed by atoms with E-state index in [0.29, 0.717) is 29.0 Å². The number of rotatable bonds is 9. The Morgan fingerprint density at radius 3 is 2.11 bits per heavy atom. The Kier molecular flexibility index (Phi) is 7.51. The minimum Gasteiger partial charge on any atom is -0.497 e. The van der Waals surface area contributed by atoms with Gasteiger partial charge in [0.1, 0.15) is 11.5 Å². The standard InChI is InChI=1S/C27H27NO6S/c1-33-24-11-7-20(8-12-24)17-28(23-15-16-35(31,32)19-23)26(29)18-34-25-13-9-22(10-14-25)27(30)21-5-3-2-4-6-21/h2-14,23H,15-19H2,1H3/t23-/m0/s1. The maximum absolute atomic E-state index is 13.1. The number of carbonyl (C=O) groups excluding carboxylic acids is 2. The van der Waals surface area contributed by atoms with Gasteiger partial charge in [0.15, 0.2) is 22.2 Å². The smallest absolute Gasteiger partial charge is 0.261 e. The molecule has 3 aromatic carbocycles. The molecule has 1 heterocycles. The van der Waals surface area contributed by atoms with Crippen molar-refractivity contribution in [1.82, 2.24) is 4.90 Å². The van der Waals surface area contributed by atoms with E-state index in [1.165, 1.54) is 0 Å². The minimum absolute atomic E-state index is 0.0504. The Balaban J connectivity index is 1.43. The third-order valence-electron chi connectivity index (χ3n) is 6.00. The lowest BCUT2D eigenvalue weighted by atomic mass is 10.0. The molecular formula is C27H27NO6S. The van der Waals surface area contributed by atoms with Gasteiger partial charge >= 0.3 is 0 Å². The molecule has 8 heteroatoms. The zero-order valence-electron chi connectivity index (χ0n) is 19.4. The molecule has 0 aromatic heterocycles. The van der Waals surface area contributed by atoms with Crippen molar-refractivity contribution in [2.45, 2.75) is 19.0 Å². The number of sulfone groups is 1. The zero-order valence-corrected chi connectivity index (χ0v) is 20.2. The van der Waals surface area contributed by atoms with E-state index in [1.807, 2.05) is 30.3 Å². The number of ether oxygens (including phenoxy) is 2. The molecule has 0 saturated carbocycles. The molecule has 0 spiro atoms. The third kappa shape index (κ3) is 6.27. The fourth-order valence-corrected chi connectivity index (χ4v) is 5.79. The Bertz CT molecular complexity index is 1270. The van der Waals surface area contributed by atoms with Gasteiger partial charge in [0, 0.05) is 23.7 Å². The SMILES string of the molecule is COc1ccc(CN(C(=O)COc2ccc(C(=O)c3ccccc3)cc2)[C@H]2CCS(=O)(=O)C2)cc1. The van der Waals surface area contributed by atoms with Crippen LogP contribution in [0.15, 0.2) is 78.9 Å². The second-order valence-electron chi connectivity index (χ2n) is 8.43. The number of ketones is 1. The van der Waals surface area contributed by atoms with E-state index in [9.17, 15) is 18.0 Å². The number of benzene rings is 3. The first-order chi connectivity index (χ1) is 16.8. The molecule has 1 fully saturated rings. The highest BCUT2D eigenvalue weighted by atomic mass is 32.2. The van der Waals surface area contributed by atoms with Gasteiger partial charge in [-0.3, -0.25) is 9.59 Å². The molecule has 0 N–H and O–H groups in total. The third-order valence-corrected chi connectivity index (χ3v) is 7.75. The number of methoxy groups -OCH3 is 1. The van der Waals surface area contributed by atoms with Crippen LogP contribution in [0.3, 0.4) is 0 Å². The van der Waals surface area contributed by atoms with Crippen molar-refractivity contribution in [2.24, 2.45) is 0 Å². The first kappa shape index (κ1) is 24.5. The summed E-state index contributed by atoms with van der Waals surface area (Å²) in [6.45, 7) is 0.0373. The van der Waals surface area contributed by atoms with Gasteiger partial charge in [0.05, 0.1) is 18.6 Å². The molecule has 1 aliphatic heterocycles. The largest absolute Gasteiger partial charge is 0.497 e. The molecule has 182 valence electrons. The predicted octanol–water partition coefficient (Wildman–Crippen LogP) is 3.52. The summed E-state index contributed by atoms with van der Waals surface area (Å²) in [6.07, 6.45) is 0.403. The normalized spacial score (nSPS) is 16.4. The quantitative estimate of drug-likeness (QED) is 0.424. The van der Waals surface area contributed by atoms with Crippen LogP contribution in [0.5, 0.6) is 11.5 Å². The molecule has 3 aromatic rings. The summed E-state index contributed by atoms with van der Waals surface area (Å²) < 4.78 is 35.0. The second kappa shape index (κ2) is 10.7. The van der Waals surface area contributed by atoms with Crippen molar-refractivity contribution >= 4 is 21.5 Å². The van der Waals surface area contributed by atoms with Crippen molar-refractivity contribution < 1.29 is 27.5 Å². The van der Waals surface area contributed by atoms with E-state index >= 15 is 0 Å². The summed E-state index contributed by atoms with van der Waals surface area (Å²) in [4.78, 5) is 27.3. The van der Waals surface area contributed by atoms with Crippen molar-refractivity contribution in [1.29, 1.82) is 0 Å². The highest BCUT2D eigenvalue weighted by molar-refractivity contribution is 7.91. The molecule has 35 heavy (non-hydrogen) atoms. The number of nitrogens with zero attached hydrogens (tertiary/aromatic N) is 1. The van der Waals surface area contributed by atoms with Crippen molar-refractivity contribution in [2.75, 3.05) is 25.2 Å². The average Bonchev–Trinajstić information content (AvgIpc) is 3.25. The first-order valence-electron chi connectivity index (χ1n) is 11.3. The van der Waals surface area contributed by atoms with Crippen LogP contribution >= 0.6 is 0 Å². The molecule has 0 radical (unpaired) electrons. The molecule has 0 bridgehead atoms. The lowest BCUT2D eigenvalue weighted by Crippen LogP contribution is -2.43. The van der Waals surface area contributed by atoms with E-state index in [4.69, 9.17) is 9.47 Å². The highest BCUT2D eigenvalue weighted by Crippen LogP contribution is 2.22. The summed E-state index contributed by atoms with van der Waals surface area (Å²) in [5, 5.41) is 0. The lowest BCUT2D eigenvalue weighted by molar-refractivity contribution is -0.136. The van der Waals surface area contributed by atoms with E-state index < -0.39 is 15.9 Å². The number of hydrogen-bond acceptors (Lipinski definition) is 6. The van der Waals surface area contributed by atoms with Crippen LogP contribution in [0.25, 0.3) is 0 Å². The van der Waals surface area contributed by atoms with Gasteiger partial charge in [-0.15, -0.1) is 0 Å². The number of hydrogen-bond donors (Lipinski definition) is 0. The molecule has 1 amide bonds. The van der Waals surface area contributed by atoms with Crippen molar-refractivity contribution in [3.63, 3.8) is 0 Å². The zero-order chi connectivity index (χ0) is 24.8. The monoisotopic (exact) mass is 493 g/mol.